The first-order valence-corrected chi connectivity index (χ1v) is 9.38. The summed E-state index contributed by atoms with van der Waals surface area (Å²) < 4.78 is 3.04. The molecule has 23 heavy (non-hydrogen) atoms. The van der Waals surface area contributed by atoms with E-state index >= 15 is 0 Å². The van der Waals surface area contributed by atoms with E-state index in [1.165, 1.54) is 38.5 Å². The lowest BCUT2D eigenvalue weighted by molar-refractivity contribution is 0.0598. The number of aryl methyl sites for hydroxylation is 1. The van der Waals surface area contributed by atoms with Crippen molar-refractivity contribution in [2.24, 2.45) is 18.4 Å². The molecule has 3 saturated carbocycles. The third-order valence-corrected chi connectivity index (χ3v) is 6.56. The molecule has 3 fully saturated rings. The molecular formula is C19H23BrN2O. The fraction of sp³-hybridized carbons (Fsp3) is 0.526. The summed E-state index contributed by atoms with van der Waals surface area (Å²) in [6, 6.07) is 6.11. The van der Waals surface area contributed by atoms with Gasteiger partial charge in [-0.15, -0.1) is 0 Å². The van der Waals surface area contributed by atoms with Gasteiger partial charge < -0.3 is 9.88 Å². The maximum absolute atomic E-state index is 12.8. The zero-order chi connectivity index (χ0) is 16.0. The number of rotatable bonds is 3. The summed E-state index contributed by atoms with van der Waals surface area (Å²) in [5.74, 6) is 1.03. The van der Waals surface area contributed by atoms with E-state index in [4.69, 9.17) is 0 Å². The smallest absolute Gasteiger partial charge is 0.253 e. The van der Waals surface area contributed by atoms with Crippen LogP contribution in [0.25, 0.3) is 10.9 Å². The van der Waals surface area contributed by atoms with Crippen LogP contribution in [0.5, 0.6) is 0 Å². The number of halogens is 1. The minimum atomic E-state index is 0.0655. The second-order valence-corrected chi connectivity index (χ2v) is 8.40. The van der Waals surface area contributed by atoms with E-state index in [9.17, 15) is 4.79 Å². The van der Waals surface area contributed by atoms with Crippen LogP contribution in [0.1, 0.15) is 48.9 Å². The number of amides is 1. The monoisotopic (exact) mass is 374 g/mol. The van der Waals surface area contributed by atoms with E-state index in [1.54, 1.807) is 0 Å². The lowest BCUT2D eigenvalue weighted by Crippen LogP contribution is -2.43. The van der Waals surface area contributed by atoms with Gasteiger partial charge in [0.1, 0.15) is 0 Å². The minimum absolute atomic E-state index is 0.0655. The maximum Gasteiger partial charge on any atom is 0.253 e. The van der Waals surface area contributed by atoms with Gasteiger partial charge in [-0.25, -0.2) is 0 Å². The number of fused-ring (bicyclic) bond motifs is 4. The predicted molar refractivity (Wildman–Crippen MR) is 96.6 cm³/mol. The highest BCUT2D eigenvalue weighted by molar-refractivity contribution is 9.10. The number of hydrogen-bond acceptors (Lipinski definition) is 1. The molecule has 0 saturated heterocycles. The zero-order valence-electron chi connectivity index (χ0n) is 13.6. The third-order valence-electron chi connectivity index (χ3n) is 6.07. The first-order valence-electron chi connectivity index (χ1n) is 8.59. The van der Waals surface area contributed by atoms with E-state index in [0.717, 1.165) is 33.4 Å². The Morgan fingerprint density at radius 1 is 1.30 bits per heavy atom. The molecule has 1 amide bonds. The molecule has 1 aromatic heterocycles. The molecule has 0 aliphatic heterocycles. The van der Waals surface area contributed by atoms with Gasteiger partial charge >= 0.3 is 0 Å². The van der Waals surface area contributed by atoms with Crippen LogP contribution in [-0.4, -0.2) is 17.0 Å². The van der Waals surface area contributed by atoms with Crippen LogP contribution < -0.4 is 5.32 Å². The summed E-state index contributed by atoms with van der Waals surface area (Å²) in [6.07, 6.45) is 9.89. The Hall–Kier alpha value is -1.29. The molecule has 0 radical (unpaired) electrons. The molecular weight excluding hydrogens is 352 g/mol. The number of carbonyl (C=O) groups excluding carboxylic acids is 1. The highest BCUT2D eigenvalue weighted by Gasteiger charge is 2.40. The van der Waals surface area contributed by atoms with Crippen molar-refractivity contribution in [1.29, 1.82) is 0 Å². The molecule has 1 aromatic carbocycles. The fourth-order valence-corrected chi connectivity index (χ4v) is 4.87. The van der Waals surface area contributed by atoms with Crippen LogP contribution in [0.4, 0.5) is 0 Å². The summed E-state index contributed by atoms with van der Waals surface area (Å²) in [4.78, 5) is 12.8. The van der Waals surface area contributed by atoms with Gasteiger partial charge in [0, 0.05) is 35.2 Å². The Morgan fingerprint density at radius 3 is 2.70 bits per heavy atom. The van der Waals surface area contributed by atoms with E-state index in [-0.39, 0.29) is 5.91 Å². The summed E-state index contributed by atoms with van der Waals surface area (Å²) in [5, 5.41) is 4.26. The van der Waals surface area contributed by atoms with Crippen molar-refractivity contribution in [3.05, 3.63) is 34.4 Å². The summed E-state index contributed by atoms with van der Waals surface area (Å²) in [6.45, 7) is 0.836. The van der Waals surface area contributed by atoms with Crippen molar-refractivity contribution < 1.29 is 4.79 Å². The highest BCUT2D eigenvalue weighted by atomic mass is 79.9. The quantitative estimate of drug-likeness (QED) is 0.833. The van der Waals surface area contributed by atoms with Crippen LogP contribution in [0.3, 0.4) is 0 Å². The molecule has 0 unspecified atom stereocenters. The van der Waals surface area contributed by atoms with Crippen molar-refractivity contribution in [2.45, 2.75) is 38.5 Å². The van der Waals surface area contributed by atoms with Crippen molar-refractivity contribution in [3.63, 3.8) is 0 Å². The van der Waals surface area contributed by atoms with E-state index in [2.05, 4.69) is 27.3 Å². The molecule has 2 bridgehead atoms. The summed E-state index contributed by atoms with van der Waals surface area (Å²) in [5.41, 5.74) is 2.25. The summed E-state index contributed by atoms with van der Waals surface area (Å²) >= 11 is 3.51. The molecule has 3 aliphatic rings. The lowest BCUT2D eigenvalue weighted by atomic mass is 9.61. The number of nitrogens with one attached hydrogen (secondary N) is 1. The Kier molecular flexibility index (Phi) is 3.75. The molecule has 4 heteroatoms. The van der Waals surface area contributed by atoms with Crippen molar-refractivity contribution in [2.75, 3.05) is 6.54 Å². The molecule has 1 N–H and O–H groups in total. The Morgan fingerprint density at radius 2 is 2.00 bits per heavy atom. The van der Waals surface area contributed by atoms with Gasteiger partial charge in [-0.3, -0.25) is 4.79 Å². The van der Waals surface area contributed by atoms with Crippen LogP contribution in [0.2, 0.25) is 0 Å². The predicted octanol–water partition coefficient (Wildman–Crippen LogP) is 4.64. The fourth-order valence-electron chi connectivity index (χ4n) is 4.51. The van der Waals surface area contributed by atoms with Crippen LogP contribution in [0, 0.1) is 11.3 Å². The third kappa shape index (κ3) is 2.71. The van der Waals surface area contributed by atoms with Crippen LogP contribution in [0.15, 0.2) is 28.9 Å². The first-order chi connectivity index (χ1) is 11.1. The van der Waals surface area contributed by atoms with Gasteiger partial charge in [0.05, 0.1) is 5.56 Å². The standard InChI is InChI=1S/C19H23BrN2O/c1-22-11-16(15-10-14(20)2-3-17(15)22)18(23)21-12-19-7-4-13(5-8-19)6-9-19/h2-3,10-11,13H,4-9,12H2,1H3,(H,21,23). The minimum Gasteiger partial charge on any atom is -0.351 e. The first kappa shape index (κ1) is 15.3. The molecule has 122 valence electrons. The van der Waals surface area contributed by atoms with Crippen molar-refractivity contribution >= 4 is 32.7 Å². The second-order valence-electron chi connectivity index (χ2n) is 7.48. The van der Waals surface area contributed by atoms with E-state index < -0.39 is 0 Å². The molecule has 0 atom stereocenters. The van der Waals surface area contributed by atoms with Crippen molar-refractivity contribution in [1.82, 2.24) is 9.88 Å². The van der Waals surface area contributed by atoms with E-state index in [0.29, 0.717) is 5.41 Å². The summed E-state index contributed by atoms with van der Waals surface area (Å²) in [7, 11) is 1.99. The Bertz CT molecular complexity index is 742. The molecule has 0 spiro atoms. The van der Waals surface area contributed by atoms with Crippen LogP contribution >= 0.6 is 15.9 Å². The molecule has 3 aliphatic carbocycles. The average Bonchev–Trinajstić information content (AvgIpc) is 2.91. The number of nitrogens with zero attached hydrogens (tertiary/aromatic N) is 1. The molecule has 1 heterocycles. The largest absolute Gasteiger partial charge is 0.351 e. The number of hydrogen-bond donors (Lipinski definition) is 1. The highest BCUT2D eigenvalue weighted by Crippen LogP contribution is 2.49. The van der Waals surface area contributed by atoms with Gasteiger partial charge in [0.15, 0.2) is 0 Å². The van der Waals surface area contributed by atoms with Gasteiger partial charge in [0.25, 0.3) is 5.91 Å². The number of carbonyl (C=O) groups is 1. The number of benzene rings is 1. The van der Waals surface area contributed by atoms with Gasteiger partial charge in [-0.2, -0.15) is 0 Å². The van der Waals surface area contributed by atoms with Gasteiger partial charge in [0.2, 0.25) is 0 Å². The zero-order valence-corrected chi connectivity index (χ0v) is 15.2. The topological polar surface area (TPSA) is 34.0 Å². The second kappa shape index (κ2) is 5.66. The van der Waals surface area contributed by atoms with Crippen LogP contribution in [-0.2, 0) is 7.05 Å². The SMILES string of the molecule is Cn1cc(C(=O)NCC23CCC(CC2)CC3)c2cc(Br)ccc21. The average molecular weight is 375 g/mol. The lowest BCUT2D eigenvalue weighted by Gasteiger charge is -2.46. The Labute approximate surface area is 145 Å². The van der Waals surface area contributed by atoms with Gasteiger partial charge in [-0.1, -0.05) is 15.9 Å². The normalized spacial score (nSPS) is 26.6. The van der Waals surface area contributed by atoms with Gasteiger partial charge in [-0.05, 0) is 68.1 Å². The van der Waals surface area contributed by atoms with E-state index in [1.807, 2.05) is 29.9 Å². The molecule has 2 aromatic rings. The maximum atomic E-state index is 12.8. The Balaban J connectivity index is 1.54. The number of aromatic nitrogens is 1. The molecule has 5 rings (SSSR count). The molecule has 3 nitrogen and oxygen atoms in total. The van der Waals surface area contributed by atoms with Crippen molar-refractivity contribution in [3.8, 4) is 0 Å².